The van der Waals surface area contributed by atoms with Crippen molar-refractivity contribution < 1.29 is 24.9 Å². The van der Waals surface area contributed by atoms with Crippen LogP contribution in [0.4, 0.5) is 4.79 Å². The first-order valence-corrected chi connectivity index (χ1v) is 4.92. The van der Waals surface area contributed by atoms with E-state index in [2.05, 4.69) is 5.32 Å². The normalized spacial score (nSPS) is 14.0. The van der Waals surface area contributed by atoms with E-state index in [4.69, 9.17) is 15.3 Å². The minimum Gasteiger partial charge on any atom is -0.479 e. The molecule has 0 saturated carbocycles. The minimum atomic E-state index is -1.47. The Morgan fingerprint density at radius 1 is 1.44 bits per heavy atom. The fourth-order valence-corrected chi connectivity index (χ4v) is 0.887. The van der Waals surface area contributed by atoms with Gasteiger partial charge < -0.3 is 25.5 Å². The van der Waals surface area contributed by atoms with Crippen LogP contribution in [0.25, 0.3) is 0 Å². The van der Waals surface area contributed by atoms with Gasteiger partial charge in [0.2, 0.25) is 0 Å². The van der Waals surface area contributed by atoms with Gasteiger partial charge in [-0.15, -0.1) is 0 Å². The van der Waals surface area contributed by atoms with E-state index in [1.54, 1.807) is 6.92 Å². The third kappa shape index (κ3) is 4.94. The van der Waals surface area contributed by atoms with Gasteiger partial charge >= 0.3 is 12.0 Å². The van der Waals surface area contributed by atoms with Crippen molar-refractivity contribution in [2.75, 3.05) is 20.2 Å². The lowest BCUT2D eigenvalue weighted by Crippen LogP contribution is -2.44. The highest BCUT2D eigenvalue weighted by Crippen LogP contribution is 1.95. The number of rotatable bonds is 6. The smallest absolute Gasteiger partial charge is 0.332 e. The second kappa shape index (κ2) is 7.02. The summed E-state index contributed by atoms with van der Waals surface area (Å²) in [6.07, 6.45) is -1.52. The van der Waals surface area contributed by atoms with Crippen molar-refractivity contribution in [3.05, 3.63) is 0 Å². The Morgan fingerprint density at radius 3 is 2.44 bits per heavy atom. The summed E-state index contributed by atoms with van der Waals surface area (Å²) in [5.41, 5.74) is 0. The predicted octanol–water partition coefficient (Wildman–Crippen LogP) is -1.16. The molecule has 4 N–H and O–H groups in total. The summed E-state index contributed by atoms with van der Waals surface area (Å²) < 4.78 is 0. The highest BCUT2D eigenvalue weighted by molar-refractivity contribution is 5.74. The third-order valence-electron chi connectivity index (χ3n) is 2.22. The van der Waals surface area contributed by atoms with Crippen molar-refractivity contribution in [1.29, 1.82) is 0 Å². The fraction of sp³-hybridized carbons (Fsp3) is 0.778. The van der Waals surface area contributed by atoms with Crippen molar-refractivity contribution in [2.45, 2.75) is 25.5 Å². The minimum absolute atomic E-state index is 0.0532. The Bertz CT molecular complexity index is 246. The first kappa shape index (κ1) is 14.7. The maximum Gasteiger partial charge on any atom is 0.332 e. The summed E-state index contributed by atoms with van der Waals surface area (Å²) >= 11 is 0. The number of nitrogens with zero attached hydrogens (tertiary/aromatic N) is 1. The molecule has 7 nitrogen and oxygen atoms in total. The van der Waals surface area contributed by atoms with Gasteiger partial charge in [0.25, 0.3) is 0 Å². The summed E-state index contributed by atoms with van der Waals surface area (Å²) in [6.45, 7) is 1.59. The summed E-state index contributed by atoms with van der Waals surface area (Å²) in [5, 5.41) is 28.5. The molecule has 0 rings (SSSR count). The van der Waals surface area contributed by atoms with Gasteiger partial charge in [0.15, 0.2) is 6.10 Å². The van der Waals surface area contributed by atoms with Gasteiger partial charge in [0.05, 0.1) is 12.6 Å². The number of carboxylic acid groups (broad SMARTS) is 1. The van der Waals surface area contributed by atoms with Crippen LogP contribution in [0.2, 0.25) is 0 Å². The zero-order valence-electron chi connectivity index (χ0n) is 9.38. The van der Waals surface area contributed by atoms with E-state index in [1.807, 2.05) is 0 Å². The summed E-state index contributed by atoms with van der Waals surface area (Å²) in [5.74, 6) is -1.31. The number of carboxylic acids is 1. The highest BCUT2D eigenvalue weighted by atomic mass is 16.4. The SMILES string of the molecule is CC(CO)N(C)C(=O)NCC[C@H](O)C(=O)O. The molecule has 1 unspecified atom stereocenters. The zero-order valence-corrected chi connectivity index (χ0v) is 9.38. The van der Waals surface area contributed by atoms with Crippen LogP contribution in [0.3, 0.4) is 0 Å². The maximum absolute atomic E-state index is 11.4. The Morgan fingerprint density at radius 2 is 2.00 bits per heavy atom. The molecule has 2 amide bonds. The zero-order chi connectivity index (χ0) is 12.7. The average Bonchev–Trinajstić information content (AvgIpc) is 2.26. The van der Waals surface area contributed by atoms with Crippen LogP contribution in [0, 0.1) is 0 Å². The Labute approximate surface area is 93.7 Å². The van der Waals surface area contributed by atoms with Crippen LogP contribution < -0.4 is 5.32 Å². The second-order valence-electron chi connectivity index (χ2n) is 3.52. The lowest BCUT2D eigenvalue weighted by molar-refractivity contribution is -0.146. The molecule has 0 aliphatic rings. The monoisotopic (exact) mass is 234 g/mol. The molecule has 0 aliphatic carbocycles. The third-order valence-corrected chi connectivity index (χ3v) is 2.22. The summed E-state index contributed by atoms with van der Waals surface area (Å²) in [6, 6.07) is -0.733. The van der Waals surface area contributed by atoms with Crippen LogP contribution in [0.5, 0.6) is 0 Å². The predicted molar refractivity (Wildman–Crippen MR) is 56.0 cm³/mol. The second-order valence-corrected chi connectivity index (χ2v) is 3.52. The van der Waals surface area contributed by atoms with Crippen molar-refractivity contribution in [1.82, 2.24) is 10.2 Å². The van der Waals surface area contributed by atoms with Gasteiger partial charge in [-0.25, -0.2) is 9.59 Å². The molecule has 0 spiro atoms. The van der Waals surface area contributed by atoms with E-state index >= 15 is 0 Å². The summed E-state index contributed by atoms with van der Waals surface area (Å²) in [4.78, 5) is 22.9. The van der Waals surface area contributed by atoms with E-state index in [0.29, 0.717) is 0 Å². The van der Waals surface area contributed by atoms with Crippen LogP contribution >= 0.6 is 0 Å². The molecule has 94 valence electrons. The molecule has 0 fully saturated rings. The van der Waals surface area contributed by atoms with Crippen molar-refractivity contribution in [3.63, 3.8) is 0 Å². The molecule has 2 atom stereocenters. The largest absolute Gasteiger partial charge is 0.479 e. The van der Waals surface area contributed by atoms with Crippen LogP contribution in [-0.4, -0.2) is 64.6 Å². The summed E-state index contributed by atoms with van der Waals surface area (Å²) in [7, 11) is 1.52. The van der Waals surface area contributed by atoms with E-state index in [-0.39, 0.29) is 25.6 Å². The topological polar surface area (TPSA) is 110 Å². The number of nitrogens with one attached hydrogen (secondary N) is 1. The first-order valence-electron chi connectivity index (χ1n) is 4.92. The van der Waals surface area contributed by atoms with Gasteiger partial charge in [-0.1, -0.05) is 0 Å². The molecular formula is C9H18N2O5. The number of likely N-dealkylation sites (N-methyl/N-ethyl adjacent to an activating group) is 1. The number of aliphatic hydroxyl groups excluding tert-OH is 2. The van der Waals surface area contributed by atoms with Gasteiger partial charge in [-0.2, -0.15) is 0 Å². The molecule has 0 bridgehead atoms. The van der Waals surface area contributed by atoms with Gasteiger partial charge in [0, 0.05) is 20.0 Å². The van der Waals surface area contributed by atoms with Crippen molar-refractivity contribution >= 4 is 12.0 Å². The Hall–Kier alpha value is -1.34. The molecular weight excluding hydrogens is 216 g/mol. The van der Waals surface area contributed by atoms with E-state index in [9.17, 15) is 9.59 Å². The standard InChI is InChI=1S/C9H18N2O5/c1-6(5-12)11(2)9(16)10-4-3-7(13)8(14)15/h6-7,12-13H,3-5H2,1-2H3,(H,10,16)(H,14,15)/t6?,7-/m0/s1. The van der Waals surface area contributed by atoms with Crippen LogP contribution in [0.15, 0.2) is 0 Å². The molecule has 0 radical (unpaired) electrons. The van der Waals surface area contributed by atoms with Crippen molar-refractivity contribution in [2.24, 2.45) is 0 Å². The molecule has 0 aromatic heterocycles. The first-order chi connectivity index (χ1) is 7.40. The molecule has 0 saturated heterocycles. The number of aliphatic hydroxyl groups is 2. The number of amides is 2. The van der Waals surface area contributed by atoms with E-state index in [0.717, 1.165) is 0 Å². The number of urea groups is 1. The van der Waals surface area contributed by atoms with Gasteiger partial charge in [-0.3, -0.25) is 0 Å². The van der Waals surface area contributed by atoms with E-state index in [1.165, 1.54) is 11.9 Å². The fourth-order valence-electron chi connectivity index (χ4n) is 0.887. The quantitative estimate of drug-likeness (QED) is 0.463. The number of hydrogen-bond donors (Lipinski definition) is 4. The molecule has 16 heavy (non-hydrogen) atoms. The number of carbonyl (C=O) groups is 2. The van der Waals surface area contributed by atoms with E-state index < -0.39 is 18.1 Å². The Kier molecular flexibility index (Phi) is 6.43. The van der Waals surface area contributed by atoms with Gasteiger partial charge in [-0.05, 0) is 6.92 Å². The van der Waals surface area contributed by atoms with Crippen LogP contribution in [0.1, 0.15) is 13.3 Å². The molecule has 0 aliphatic heterocycles. The average molecular weight is 234 g/mol. The maximum atomic E-state index is 11.4. The number of aliphatic carboxylic acids is 1. The van der Waals surface area contributed by atoms with Gasteiger partial charge in [0.1, 0.15) is 0 Å². The number of carbonyl (C=O) groups excluding carboxylic acids is 1. The molecule has 0 aromatic rings. The van der Waals surface area contributed by atoms with Crippen LogP contribution in [-0.2, 0) is 4.79 Å². The Balaban J connectivity index is 3.85. The molecule has 7 heteroatoms. The lowest BCUT2D eigenvalue weighted by atomic mass is 10.2. The number of hydrogen-bond acceptors (Lipinski definition) is 4. The highest BCUT2D eigenvalue weighted by Gasteiger charge is 2.16. The molecule has 0 heterocycles. The molecule has 0 aromatic carbocycles. The lowest BCUT2D eigenvalue weighted by Gasteiger charge is -2.23. The van der Waals surface area contributed by atoms with Crippen molar-refractivity contribution in [3.8, 4) is 0 Å².